The Bertz CT molecular complexity index is 1360. The zero-order valence-corrected chi connectivity index (χ0v) is 19.9. The molecule has 0 bridgehead atoms. The maximum Gasteiger partial charge on any atom is 0.339 e. The lowest BCUT2D eigenvalue weighted by Crippen LogP contribution is -2.30. The second-order valence-corrected chi connectivity index (χ2v) is 8.00. The molecule has 2 N–H and O–H groups in total. The molecule has 0 spiro atoms. The molecule has 0 saturated carbocycles. The summed E-state index contributed by atoms with van der Waals surface area (Å²) in [6.07, 6.45) is -1.22. The summed E-state index contributed by atoms with van der Waals surface area (Å²) >= 11 is 5.81. The minimum absolute atomic E-state index is 0.0418. The highest BCUT2D eigenvalue weighted by atomic mass is 35.5. The summed E-state index contributed by atoms with van der Waals surface area (Å²) in [6.45, 7) is 2.74. The van der Waals surface area contributed by atoms with Gasteiger partial charge in [-0.2, -0.15) is 0 Å². The molecule has 11 heteroatoms. The van der Waals surface area contributed by atoms with E-state index in [4.69, 9.17) is 16.3 Å². The maximum absolute atomic E-state index is 13.0. The van der Waals surface area contributed by atoms with Gasteiger partial charge in [-0.25, -0.2) is 4.79 Å². The van der Waals surface area contributed by atoms with Gasteiger partial charge in [0.2, 0.25) is 5.91 Å². The molecule has 0 aliphatic heterocycles. The van der Waals surface area contributed by atoms with E-state index in [0.29, 0.717) is 11.4 Å². The number of benzene rings is 3. The average Bonchev–Trinajstić information content (AvgIpc) is 2.84. The molecule has 3 aromatic carbocycles. The molecule has 0 radical (unpaired) electrons. The van der Waals surface area contributed by atoms with Crippen LogP contribution in [0.4, 0.5) is 17.1 Å². The number of carbonyl (C=O) groups is 4. The average molecular weight is 510 g/mol. The molecule has 3 rings (SSSR count). The number of nitrogens with zero attached hydrogens (tertiary/aromatic N) is 1. The predicted molar refractivity (Wildman–Crippen MR) is 132 cm³/mol. The second-order valence-electron chi connectivity index (χ2n) is 7.59. The molecule has 36 heavy (non-hydrogen) atoms. The van der Waals surface area contributed by atoms with Crippen molar-refractivity contribution in [2.24, 2.45) is 0 Å². The third-order valence-corrected chi connectivity index (χ3v) is 5.24. The number of amides is 2. The van der Waals surface area contributed by atoms with Crippen LogP contribution in [0.1, 0.15) is 40.1 Å². The Morgan fingerprint density at radius 1 is 0.917 bits per heavy atom. The standard InChI is InChI=1S/C25H20ClN3O7/c1-14(24(32)28-18-10-8-17(9-11-18)27-15(2)30)36-25(33)20-6-4-3-5-19(20)23(31)16-7-12-21(26)22(13-16)29(34)35/h3-14H,1-2H3,(H,27,30)(H,28,32)/t14-/m0/s1. The number of ether oxygens (including phenoxy) is 1. The first-order valence-corrected chi connectivity index (χ1v) is 10.9. The quantitative estimate of drug-likeness (QED) is 0.195. The second kappa shape index (κ2) is 11.2. The van der Waals surface area contributed by atoms with Gasteiger partial charge in [0.25, 0.3) is 11.6 Å². The number of rotatable bonds is 8. The Morgan fingerprint density at radius 3 is 2.08 bits per heavy atom. The SMILES string of the molecule is CC(=O)Nc1ccc(NC(=O)[C@H](C)OC(=O)c2ccccc2C(=O)c2ccc(Cl)c([N+](=O)[O-])c2)cc1. The van der Waals surface area contributed by atoms with E-state index in [0.717, 1.165) is 6.07 Å². The Labute approximate surface area is 210 Å². The van der Waals surface area contributed by atoms with Crippen LogP contribution in [0.2, 0.25) is 5.02 Å². The third-order valence-electron chi connectivity index (χ3n) is 4.92. The lowest BCUT2D eigenvalue weighted by atomic mass is 9.98. The molecule has 1 atom stereocenters. The fourth-order valence-electron chi connectivity index (χ4n) is 3.17. The topological polar surface area (TPSA) is 145 Å². The highest BCUT2D eigenvalue weighted by molar-refractivity contribution is 6.33. The van der Waals surface area contributed by atoms with Crippen LogP contribution in [0.15, 0.2) is 66.7 Å². The Kier molecular flexibility index (Phi) is 8.13. The summed E-state index contributed by atoms with van der Waals surface area (Å²) in [7, 11) is 0. The van der Waals surface area contributed by atoms with Gasteiger partial charge in [-0.05, 0) is 49.4 Å². The van der Waals surface area contributed by atoms with Crippen LogP contribution in [0, 0.1) is 10.1 Å². The number of esters is 1. The lowest BCUT2D eigenvalue weighted by Gasteiger charge is -2.15. The first-order valence-electron chi connectivity index (χ1n) is 10.5. The summed E-state index contributed by atoms with van der Waals surface area (Å²) in [6, 6.07) is 15.7. The zero-order chi connectivity index (χ0) is 26.4. The smallest absolute Gasteiger partial charge is 0.339 e. The monoisotopic (exact) mass is 509 g/mol. The van der Waals surface area contributed by atoms with Crippen molar-refractivity contribution in [3.8, 4) is 0 Å². The van der Waals surface area contributed by atoms with Gasteiger partial charge in [0.15, 0.2) is 11.9 Å². The van der Waals surface area contributed by atoms with Crippen LogP contribution in [-0.4, -0.2) is 34.6 Å². The van der Waals surface area contributed by atoms with Gasteiger partial charge in [-0.3, -0.25) is 24.5 Å². The summed E-state index contributed by atoms with van der Waals surface area (Å²) in [5, 5.41) is 16.2. The molecule has 184 valence electrons. The number of halogens is 1. The van der Waals surface area contributed by atoms with E-state index in [1.54, 1.807) is 24.3 Å². The minimum atomic E-state index is -1.22. The summed E-state index contributed by atoms with van der Waals surface area (Å²) < 4.78 is 5.27. The van der Waals surface area contributed by atoms with Crippen LogP contribution in [0.3, 0.4) is 0 Å². The van der Waals surface area contributed by atoms with Crippen LogP contribution < -0.4 is 10.6 Å². The molecule has 0 heterocycles. The van der Waals surface area contributed by atoms with E-state index in [2.05, 4.69) is 10.6 Å². The lowest BCUT2D eigenvalue weighted by molar-refractivity contribution is -0.384. The highest BCUT2D eigenvalue weighted by Gasteiger charge is 2.25. The number of nitrogens with one attached hydrogen (secondary N) is 2. The molecule has 2 amide bonds. The largest absolute Gasteiger partial charge is 0.449 e. The van der Waals surface area contributed by atoms with Gasteiger partial charge in [-0.15, -0.1) is 0 Å². The van der Waals surface area contributed by atoms with Crippen molar-refractivity contribution in [2.45, 2.75) is 20.0 Å². The fourth-order valence-corrected chi connectivity index (χ4v) is 3.36. The van der Waals surface area contributed by atoms with Gasteiger partial charge >= 0.3 is 5.97 Å². The van der Waals surface area contributed by atoms with Crippen molar-refractivity contribution in [1.82, 2.24) is 0 Å². The van der Waals surface area contributed by atoms with Gasteiger partial charge in [0.1, 0.15) is 5.02 Å². The number of hydrogen-bond acceptors (Lipinski definition) is 7. The van der Waals surface area contributed by atoms with E-state index in [1.165, 1.54) is 50.2 Å². The molecular weight excluding hydrogens is 490 g/mol. The number of ketones is 1. The molecular formula is C25H20ClN3O7. The highest BCUT2D eigenvalue weighted by Crippen LogP contribution is 2.27. The van der Waals surface area contributed by atoms with Gasteiger partial charge < -0.3 is 15.4 Å². The van der Waals surface area contributed by atoms with Crippen LogP contribution in [-0.2, 0) is 14.3 Å². The number of carbonyl (C=O) groups excluding carboxylic acids is 4. The van der Waals surface area contributed by atoms with E-state index in [1.807, 2.05) is 0 Å². The summed E-state index contributed by atoms with van der Waals surface area (Å²) in [5.74, 6) is -2.43. The first kappa shape index (κ1) is 26.0. The van der Waals surface area contributed by atoms with Crippen molar-refractivity contribution in [3.63, 3.8) is 0 Å². The Hall–Kier alpha value is -4.57. The molecule has 0 fully saturated rings. The maximum atomic E-state index is 13.0. The Balaban J connectivity index is 1.73. The first-order chi connectivity index (χ1) is 17.1. The predicted octanol–water partition coefficient (Wildman–Crippen LogP) is 4.62. The fraction of sp³-hybridized carbons (Fsp3) is 0.120. The number of nitro groups is 1. The molecule has 0 aliphatic carbocycles. The molecule has 10 nitrogen and oxygen atoms in total. The van der Waals surface area contributed by atoms with E-state index in [9.17, 15) is 29.3 Å². The summed E-state index contributed by atoms with van der Waals surface area (Å²) in [4.78, 5) is 59.9. The minimum Gasteiger partial charge on any atom is -0.449 e. The van der Waals surface area contributed by atoms with Crippen molar-refractivity contribution in [2.75, 3.05) is 10.6 Å². The van der Waals surface area contributed by atoms with Crippen molar-refractivity contribution < 1.29 is 28.8 Å². The number of hydrogen-bond donors (Lipinski definition) is 2. The molecule has 0 aliphatic rings. The van der Waals surface area contributed by atoms with E-state index in [-0.39, 0.29) is 27.6 Å². The van der Waals surface area contributed by atoms with Crippen LogP contribution in [0.25, 0.3) is 0 Å². The van der Waals surface area contributed by atoms with E-state index >= 15 is 0 Å². The molecule has 3 aromatic rings. The number of anilines is 2. The van der Waals surface area contributed by atoms with Gasteiger partial charge in [0.05, 0.1) is 10.5 Å². The van der Waals surface area contributed by atoms with E-state index < -0.39 is 34.4 Å². The normalized spacial score (nSPS) is 11.2. The summed E-state index contributed by atoms with van der Waals surface area (Å²) in [5.41, 5.74) is 0.307. The van der Waals surface area contributed by atoms with Gasteiger partial charge in [-0.1, -0.05) is 29.8 Å². The van der Waals surface area contributed by atoms with Gasteiger partial charge in [0, 0.05) is 35.5 Å². The Morgan fingerprint density at radius 2 is 1.50 bits per heavy atom. The van der Waals surface area contributed by atoms with Crippen LogP contribution in [0.5, 0.6) is 0 Å². The zero-order valence-electron chi connectivity index (χ0n) is 19.1. The molecule has 0 saturated heterocycles. The van der Waals surface area contributed by atoms with Crippen molar-refractivity contribution in [3.05, 3.63) is 98.6 Å². The van der Waals surface area contributed by atoms with Crippen molar-refractivity contribution >= 4 is 52.2 Å². The number of nitro benzene ring substituents is 1. The third kappa shape index (κ3) is 6.30. The van der Waals surface area contributed by atoms with Crippen LogP contribution >= 0.6 is 11.6 Å². The van der Waals surface area contributed by atoms with Crippen molar-refractivity contribution in [1.29, 1.82) is 0 Å². The molecule has 0 aromatic heterocycles. The molecule has 0 unspecified atom stereocenters.